The Kier molecular flexibility index (Phi) is 4.30. The molecular formula is C21H22N4O3. The molecule has 0 fully saturated rings. The van der Waals surface area contributed by atoms with E-state index in [0.717, 1.165) is 16.8 Å². The van der Waals surface area contributed by atoms with Crippen LogP contribution >= 0.6 is 0 Å². The Morgan fingerprint density at radius 1 is 1.18 bits per heavy atom. The van der Waals surface area contributed by atoms with Gasteiger partial charge in [0.15, 0.2) is 0 Å². The standard InChI is InChI=1S/C21H22N4O3/c1-12-20(27)23-16-11-14(7-8-17(16)24(12)2)21(28)25-10-9-13-5-3-4-6-15(13)18(25)19(22)26/h3-8,11-12,18H,9-10H2,1-2H3,(H2,22,26)(H,23,27). The van der Waals surface area contributed by atoms with Crippen molar-refractivity contribution in [2.45, 2.75) is 25.4 Å². The highest BCUT2D eigenvalue weighted by Crippen LogP contribution is 2.34. The van der Waals surface area contributed by atoms with Crippen LogP contribution in [0.5, 0.6) is 0 Å². The average Bonchev–Trinajstić information content (AvgIpc) is 2.70. The average molecular weight is 378 g/mol. The van der Waals surface area contributed by atoms with Gasteiger partial charge in [0.05, 0.1) is 11.4 Å². The quantitative estimate of drug-likeness (QED) is 0.831. The second kappa shape index (κ2) is 6.67. The lowest BCUT2D eigenvalue weighted by Crippen LogP contribution is -2.46. The van der Waals surface area contributed by atoms with Crippen molar-refractivity contribution >= 4 is 29.1 Å². The number of amides is 3. The Morgan fingerprint density at radius 3 is 2.68 bits per heavy atom. The second-order valence-corrected chi connectivity index (χ2v) is 7.26. The zero-order chi connectivity index (χ0) is 20.0. The summed E-state index contributed by atoms with van der Waals surface area (Å²) in [6.45, 7) is 2.23. The summed E-state index contributed by atoms with van der Waals surface area (Å²) >= 11 is 0. The number of primary amides is 1. The molecule has 2 atom stereocenters. The van der Waals surface area contributed by atoms with Gasteiger partial charge in [0.1, 0.15) is 12.1 Å². The van der Waals surface area contributed by atoms with Crippen LogP contribution in [0.3, 0.4) is 0 Å². The molecule has 0 bridgehead atoms. The van der Waals surface area contributed by atoms with Crippen LogP contribution in [0.25, 0.3) is 0 Å². The van der Waals surface area contributed by atoms with Gasteiger partial charge in [-0.2, -0.15) is 0 Å². The number of nitrogens with two attached hydrogens (primary N) is 1. The van der Waals surface area contributed by atoms with E-state index in [4.69, 9.17) is 5.73 Å². The summed E-state index contributed by atoms with van der Waals surface area (Å²) in [5.41, 5.74) is 9.30. The van der Waals surface area contributed by atoms with Crippen LogP contribution in [0, 0.1) is 0 Å². The van der Waals surface area contributed by atoms with E-state index >= 15 is 0 Å². The van der Waals surface area contributed by atoms with E-state index in [1.807, 2.05) is 49.2 Å². The first-order valence-electron chi connectivity index (χ1n) is 9.24. The van der Waals surface area contributed by atoms with Gasteiger partial charge >= 0.3 is 0 Å². The molecule has 2 unspecified atom stereocenters. The van der Waals surface area contributed by atoms with Gasteiger partial charge in [-0.25, -0.2) is 0 Å². The molecule has 2 aliphatic heterocycles. The Balaban J connectivity index is 1.69. The molecule has 2 aromatic rings. The molecule has 0 radical (unpaired) electrons. The summed E-state index contributed by atoms with van der Waals surface area (Å²) in [4.78, 5) is 40.9. The summed E-state index contributed by atoms with van der Waals surface area (Å²) in [5, 5.41) is 2.84. The van der Waals surface area contributed by atoms with E-state index in [2.05, 4.69) is 5.32 Å². The van der Waals surface area contributed by atoms with Crippen molar-refractivity contribution in [2.24, 2.45) is 5.73 Å². The molecular weight excluding hydrogens is 356 g/mol. The summed E-state index contributed by atoms with van der Waals surface area (Å²) in [5.74, 6) is -0.960. The molecule has 0 saturated heterocycles. The van der Waals surface area contributed by atoms with E-state index in [-0.39, 0.29) is 17.9 Å². The Morgan fingerprint density at radius 2 is 1.93 bits per heavy atom. The first-order chi connectivity index (χ1) is 13.4. The fourth-order valence-corrected chi connectivity index (χ4v) is 3.96. The lowest BCUT2D eigenvalue weighted by molar-refractivity contribution is -0.123. The van der Waals surface area contributed by atoms with Crippen molar-refractivity contribution < 1.29 is 14.4 Å². The number of anilines is 2. The van der Waals surface area contributed by atoms with Gasteiger partial charge in [-0.1, -0.05) is 24.3 Å². The van der Waals surface area contributed by atoms with E-state index in [1.165, 1.54) is 4.90 Å². The van der Waals surface area contributed by atoms with Gasteiger partial charge in [-0.05, 0) is 42.7 Å². The molecule has 2 aliphatic rings. The van der Waals surface area contributed by atoms with Crippen molar-refractivity contribution in [1.82, 2.24) is 4.90 Å². The predicted octanol–water partition coefficient (Wildman–Crippen LogP) is 1.69. The highest BCUT2D eigenvalue weighted by atomic mass is 16.2. The van der Waals surface area contributed by atoms with Crippen LogP contribution in [0.15, 0.2) is 42.5 Å². The van der Waals surface area contributed by atoms with Gasteiger partial charge < -0.3 is 20.9 Å². The van der Waals surface area contributed by atoms with Crippen LogP contribution in [-0.2, 0) is 16.0 Å². The number of fused-ring (bicyclic) bond motifs is 2. The number of rotatable bonds is 2. The van der Waals surface area contributed by atoms with Crippen LogP contribution in [-0.4, -0.2) is 42.3 Å². The molecule has 0 aromatic heterocycles. The topological polar surface area (TPSA) is 95.7 Å². The minimum Gasteiger partial charge on any atom is -0.368 e. The molecule has 0 saturated carbocycles. The minimum atomic E-state index is -0.800. The number of nitrogens with one attached hydrogen (secondary N) is 1. The molecule has 28 heavy (non-hydrogen) atoms. The van der Waals surface area contributed by atoms with E-state index < -0.39 is 11.9 Å². The molecule has 3 amide bonds. The number of hydrogen-bond acceptors (Lipinski definition) is 4. The summed E-state index contributed by atoms with van der Waals surface area (Å²) in [7, 11) is 1.84. The number of nitrogens with zero attached hydrogens (tertiary/aromatic N) is 2. The van der Waals surface area contributed by atoms with Gasteiger partial charge in [0.25, 0.3) is 5.91 Å². The normalized spacial score (nSPS) is 20.9. The van der Waals surface area contributed by atoms with E-state index in [1.54, 1.807) is 12.1 Å². The second-order valence-electron chi connectivity index (χ2n) is 7.26. The molecule has 4 rings (SSSR count). The molecule has 7 heteroatoms. The molecule has 0 spiro atoms. The van der Waals surface area contributed by atoms with Gasteiger partial charge in [0, 0.05) is 19.2 Å². The number of hydrogen-bond donors (Lipinski definition) is 2. The van der Waals surface area contributed by atoms with Gasteiger partial charge in [0.2, 0.25) is 11.8 Å². The summed E-state index contributed by atoms with van der Waals surface area (Å²) in [6.07, 6.45) is 0.660. The van der Waals surface area contributed by atoms with Crippen LogP contribution in [0.1, 0.15) is 34.5 Å². The van der Waals surface area contributed by atoms with Gasteiger partial charge in [-0.15, -0.1) is 0 Å². The Bertz CT molecular complexity index is 987. The molecule has 0 aliphatic carbocycles. The number of likely N-dealkylation sites (N-methyl/N-ethyl adjacent to an activating group) is 1. The summed E-state index contributed by atoms with van der Waals surface area (Å²) in [6, 6.07) is 11.7. The smallest absolute Gasteiger partial charge is 0.254 e. The third kappa shape index (κ3) is 2.79. The van der Waals surface area contributed by atoms with Crippen molar-refractivity contribution in [3.05, 3.63) is 59.2 Å². The van der Waals surface area contributed by atoms with Crippen molar-refractivity contribution in [3.8, 4) is 0 Å². The molecule has 2 heterocycles. The van der Waals surface area contributed by atoms with E-state index in [9.17, 15) is 14.4 Å². The molecule has 3 N–H and O–H groups in total. The maximum absolute atomic E-state index is 13.2. The number of carbonyl (C=O) groups is 3. The highest BCUT2D eigenvalue weighted by molar-refractivity contribution is 6.06. The van der Waals surface area contributed by atoms with Crippen LogP contribution in [0.4, 0.5) is 11.4 Å². The third-order valence-electron chi connectivity index (χ3n) is 5.66. The first-order valence-corrected chi connectivity index (χ1v) is 9.24. The Labute approximate surface area is 163 Å². The van der Waals surface area contributed by atoms with Crippen molar-refractivity contribution in [2.75, 3.05) is 23.8 Å². The fourth-order valence-electron chi connectivity index (χ4n) is 3.96. The lowest BCUT2D eigenvalue weighted by atomic mass is 9.91. The maximum Gasteiger partial charge on any atom is 0.254 e. The Hall–Kier alpha value is -3.35. The van der Waals surface area contributed by atoms with Crippen molar-refractivity contribution in [1.29, 1.82) is 0 Å². The van der Waals surface area contributed by atoms with E-state index in [0.29, 0.717) is 24.2 Å². The predicted molar refractivity (Wildman–Crippen MR) is 106 cm³/mol. The largest absolute Gasteiger partial charge is 0.368 e. The zero-order valence-corrected chi connectivity index (χ0v) is 15.8. The van der Waals surface area contributed by atoms with Crippen molar-refractivity contribution in [3.63, 3.8) is 0 Å². The number of benzene rings is 2. The minimum absolute atomic E-state index is 0.124. The highest BCUT2D eigenvalue weighted by Gasteiger charge is 2.35. The fraction of sp³-hybridized carbons (Fsp3) is 0.286. The monoisotopic (exact) mass is 378 g/mol. The number of carbonyl (C=O) groups excluding carboxylic acids is 3. The zero-order valence-electron chi connectivity index (χ0n) is 15.8. The SMILES string of the molecule is CC1C(=O)Nc2cc(C(=O)N3CCc4ccccc4C3C(N)=O)ccc2N1C. The van der Waals surface area contributed by atoms with Gasteiger partial charge in [-0.3, -0.25) is 14.4 Å². The molecule has 144 valence electrons. The summed E-state index contributed by atoms with van der Waals surface area (Å²) < 4.78 is 0. The van der Waals surface area contributed by atoms with Crippen LogP contribution < -0.4 is 16.0 Å². The molecule has 7 nitrogen and oxygen atoms in total. The molecule has 2 aromatic carbocycles. The lowest BCUT2D eigenvalue weighted by Gasteiger charge is -2.36. The van der Waals surface area contributed by atoms with Crippen LogP contribution in [0.2, 0.25) is 0 Å². The third-order valence-corrected chi connectivity index (χ3v) is 5.66. The maximum atomic E-state index is 13.2. The first kappa shape index (κ1) is 18.0.